The summed E-state index contributed by atoms with van der Waals surface area (Å²) in [5.41, 5.74) is 8.32. The summed E-state index contributed by atoms with van der Waals surface area (Å²) in [6, 6.07) is 15.2. The minimum atomic E-state index is -0.899. The minimum Gasteiger partial charge on any atom is -0.497 e. The summed E-state index contributed by atoms with van der Waals surface area (Å²) in [5, 5.41) is 6.90. The molecule has 36 heavy (non-hydrogen) atoms. The summed E-state index contributed by atoms with van der Waals surface area (Å²) < 4.78 is 6.49. The maximum atomic E-state index is 12.4. The Bertz CT molecular complexity index is 1480. The van der Waals surface area contributed by atoms with E-state index >= 15 is 0 Å². The molecule has 1 aliphatic heterocycles. The van der Waals surface area contributed by atoms with E-state index < -0.39 is 11.6 Å². The number of carbonyl (C=O) groups is 2. The van der Waals surface area contributed by atoms with Gasteiger partial charge in [-0.1, -0.05) is 12.1 Å². The number of anilines is 2. The molecule has 5 rings (SSSR count). The number of hydrogen-bond acceptors (Lipinski definition) is 8. The topological polar surface area (TPSA) is 122 Å². The van der Waals surface area contributed by atoms with Crippen molar-refractivity contribution in [2.24, 2.45) is 0 Å². The smallest absolute Gasteiger partial charge is 0.325 e. The van der Waals surface area contributed by atoms with Gasteiger partial charge >= 0.3 is 6.03 Å². The highest BCUT2D eigenvalue weighted by Crippen LogP contribution is 2.39. The van der Waals surface area contributed by atoms with Crippen LogP contribution in [-0.4, -0.2) is 52.5 Å². The number of nitrogen functional groups attached to an aromatic ring is 1. The first kappa shape index (κ1) is 23.6. The first-order valence-electron chi connectivity index (χ1n) is 11.4. The second-order valence-electron chi connectivity index (χ2n) is 9.03. The highest BCUT2D eigenvalue weighted by atomic mass is 32.1. The quantitative estimate of drug-likeness (QED) is 0.253. The first-order valence-corrected chi connectivity index (χ1v) is 12.3. The molecule has 1 fully saturated rings. The van der Waals surface area contributed by atoms with Gasteiger partial charge in [0.25, 0.3) is 5.91 Å². The number of methoxy groups -OCH3 is 1. The van der Waals surface area contributed by atoms with Crippen LogP contribution < -0.4 is 21.1 Å². The van der Waals surface area contributed by atoms with Crippen LogP contribution in [0.1, 0.15) is 13.8 Å². The van der Waals surface area contributed by atoms with E-state index in [-0.39, 0.29) is 12.5 Å². The Morgan fingerprint density at radius 1 is 1.17 bits per heavy atom. The summed E-state index contributed by atoms with van der Waals surface area (Å²) in [6.45, 7) is 3.89. The lowest BCUT2D eigenvalue weighted by Gasteiger charge is -2.16. The Morgan fingerprint density at radius 3 is 2.72 bits per heavy atom. The Morgan fingerprint density at radius 2 is 2.00 bits per heavy atom. The average molecular weight is 503 g/mol. The third kappa shape index (κ3) is 4.42. The molecule has 0 spiro atoms. The van der Waals surface area contributed by atoms with E-state index in [0.29, 0.717) is 18.2 Å². The van der Waals surface area contributed by atoms with Crippen LogP contribution in [0.3, 0.4) is 0 Å². The number of hydrogen-bond donors (Lipinski definition) is 3. The number of fused-ring (bicyclic) bond motifs is 1. The first-order chi connectivity index (χ1) is 17.2. The van der Waals surface area contributed by atoms with Crippen LogP contribution in [0.2, 0.25) is 0 Å². The molecule has 9 nitrogen and oxygen atoms in total. The molecule has 3 amide bonds. The summed E-state index contributed by atoms with van der Waals surface area (Å²) >= 11 is 1.63. The van der Waals surface area contributed by atoms with Gasteiger partial charge in [0.05, 0.1) is 17.7 Å². The molecule has 0 aliphatic carbocycles. The van der Waals surface area contributed by atoms with Crippen molar-refractivity contribution in [3.05, 3.63) is 54.7 Å². The standard InChI is InChI=1S/C26H26N6O3S/c1-26(2)23(33)32(25(34)31-26)10-9-28-24-29-14-19(15-5-4-6-17(27)11-15)22(30-24)21-13-16-12-18(35-3)7-8-20(16)36-21/h4-8,11-14H,9-10,27H2,1-3H3,(H,31,34)(H,28,29,30). The van der Waals surface area contributed by atoms with E-state index in [2.05, 4.69) is 21.7 Å². The van der Waals surface area contributed by atoms with Gasteiger partial charge in [-0.25, -0.2) is 14.8 Å². The number of carbonyl (C=O) groups excluding carboxylic acids is 2. The van der Waals surface area contributed by atoms with Crippen molar-refractivity contribution in [2.45, 2.75) is 19.4 Å². The lowest BCUT2D eigenvalue weighted by molar-refractivity contribution is -0.130. The van der Waals surface area contributed by atoms with Crippen LogP contribution in [0.15, 0.2) is 54.7 Å². The van der Waals surface area contributed by atoms with Crippen LogP contribution in [-0.2, 0) is 4.79 Å². The number of benzene rings is 2. The molecule has 4 aromatic rings. The van der Waals surface area contributed by atoms with E-state index in [1.165, 1.54) is 4.90 Å². The SMILES string of the molecule is COc1ccc2sc(-c3nc(NCCN4C(=O)NC(C)(C)C4=O)ncc3-c3cccc(N)c3)cc2c1. The van der Waals surface area contributed by atoms with Crippen molar-refractivity contribution in [1.29, 1.82) is 0 Å². The molecule has 2 aromatic heterocycles. The summed E-state index contributed by atoms with van der Waals surface area (Å²) in [4.78, 5) is 36.1. The van der Waals surface area contributed by atoms with Crippen molar-refractivity contribution in [2.75, 3.05) is 31.2 Å². The second-order valence-corrected chi connectivity index (χ2v) is 10.1. The maximum Gasteiger partial charge on any atom is 0.325 e. The lowest BCUT2D eigenvalue weighted by atomic mass is 10.0. The van der Waals surface area contributed by atoms with Gasteiger partial charge in [-0.05, 0) is 61.2 Å². The van der Waals surface area contributed by atoms with Crippen LogP contribution in [0.4, 0.5) is 16.4 Å². The average Bonchev–Trinajstić information content (AvgIpc) is 3.36. The third-order valence-electron chi connectivity index (χ3n) is 6.01. The van der Waals surface area contributed by atoms with Crippen molar-refractivity contribution >= 4 is 45.0 Å². The second kappa shape index (κ2) is 9.12. The number of aromatic nitrogens is 2. The van der Waals surface area contributed by atoms with E-state index in [1.54, 1.807) is 38.5 Å². The molecule has 4 N–H and O–H groups in total. The number of ether oxygens (including phenoxy) is 1. The predicted octanol–water partition coefficient (Wildman–Crippen LogP) is 4.36. The van der Waals surface area contributed by atoms with Crippen LogP contribution in [0, 0.1) is 0 Å². The zero-order valence-corrected chi connectivity index (χ0v) is 21.0. The number of urea groups is 1. The van der Waals surface area contributed by atoms with Gasteiger partial charge in [-0.15, -0.1) is 11.3 Å². The van der Waals surface area contributed by atoms with Gasteiger partial charge in [0.1, 0.15) is 11.3 Å². The zero-order chi connectivity index (χ0) is 25.4. The number of nitrogens with zero attached hydrogens (tertiary/aromatic N) is 3. The Hall–Kier alpha value is -4.18. The van der Waals surface area contributed by atoms with Gasteiger partial charge in [-0.2, -0.15) is 0 Å². The molecular weight excluding hydrogens is 476 g/mol. The molecule has 10 heteroatoms. The molecular formula is C26H26N6O3S. The fourth-order valence-corrected chi connectivity index (χ4v) is 5.18. The normalized spacial score (nSPS) is 14.8. The monoisotopic (exact) mass is 502 g/mol. The number of nitrogens with one attached hydrogen (secondary N) is 2. The van der Waals surface area contributed by atoms with Crippen molar-refractivity contribution in [3.8, 4) is 27.4 Å². The van der Waals surface area contributed by atoms with E-state index in [0.717, 1.165) is 37.5 Å². The van der Waals surface area contributed by atoms with Crippen LogP contribution in [0.5, 0.6) is 5.75 Å². The molecule has 184 valence electrons. The fourth-order valence-electron chi connectivity index (χ4n) is 4.14. The Labute approximate surface area is 212 Å². The highest BCUT2D eigenvalue weighted by molar-refractivity contribution is 7.22. The van der Waals surface area contributed by atoms with Crippen molar-refractivity contribution < 1.29 is 14.3 Å². The third-order valence-corrected chi connectivity index (χ3v) is 7.13. The lowest BCUT2D eigenvalue weighted by Crippen LogP contribution is -2.40. The fraction of sp³-hybridized carbons (Fsp3) is 0.231. The van der Waals surface area contributed by atoms with E-state index in [4.69, 9.17) is 15.5 Å². The highest BCUT2D eigenvalue weighted by Gasteiger charge is 2.43. The molecule has 3 heterocycles. The zero-order valence-electron chi connectivity index (χ0n) is 20.2. The minimum absolute atomic E-state index is 0.201. The largest absolute Gasteiger partial charge is 0.497 e. The maximum absolute atomic E-state index is 12.4. The predicted molar refractivity (Wildman–Crippen MR) is 142 cm³/mol. The van der Waals surface area contributed by atoms with Gasteiger partial charge in [0, 0.05) is 35.2 Å². The summed E-state index contributed by atoms with van der Waals surface area (Å²) in [6.07, 6.45) is 1.77. The number of thiophene rings is 1. The van der Waals surface area contributed by atoms with Gasteiger partial charge in [0.15, 0.2) is 0 Å². The molecule has 0 atom stereocenters. The number of rotatable bonds is 7. The van der Waals surface area contributed by atoms with Crippen molar-refractivity contribution in [1.82, 2.24) is 20.2 Å². The molecule has 2 aromatic carbocycles. The summed E-state index contributed by atoms with van der Waals surface area (Å²) in [7, 11) is 1.65. The summed E-state index contributed by atoms with van der Waals surface area (Å²) in [5.74, 6) is 0.934. The van der Waals surface area contributed by atoms with E-state index in [9.17, 15) is 9.59 Å². The molecule has 1 aliphatic rings. The molecule has 0 unspecified atom stereocenters. The molecule has 0 saturated carbocycles. The number of amides is 3. The molecule has 0 radical (unpaired) electrons. The number of imide groups is 1. The van der Waals surface area contributed by atoms with Gasteiger partial charge in [-0.3, -0.25) is 9.69 Å². The Balaban J connectivity index is 1.46. The van der Waals surface area contributed by atoms with E-state index in [1.807, 2.05) is 42.5 Å². The van der Waals surface area contributed by atoms with Crippen LogP contribution in [0.25, 0.3) is 31.8 Å². The Kier molecular flexibility index (Phi) is 5.97. The molecule has 0 bridgehead atoms. The van der Waals surface area contributed by atoms with Gasteiger partial charge < -0.3 is 21.1 Å². The molecule has 1 saturated heterocycles. The van der Waals surface area contributed by atoms with Gasteiger partial charge in [0.2, 0.25) is 5.95 Å². The number of nitrogens with two attached hydrogens (primary N) is 1. The van der Waals surface area contributed by atoms with Crippen LogP contribution >= 0.6 is 11.3 Å². The van der Waals surface area contributed by atoms with Crippen molar-refractivity contribution in [3.63, 3.8) is 0 Å².